The van der Waals surface area contributed by atoms with E-state index >= 15 is 0 Å². The van der Waals surface area contributed by atoms with E-state index in [1.54, 1.807) is 24.8 Å². The Bertz CT molecular complexity index is 1120. The van der Waals surface area contributed by atoms with Gasteiger partial charge in [-0.3, -0.25) is 4.79 Å². The third-order valence-corrected chi connectivity index (χ3v) is 4.45. The molecule has 0 atom stereocenters. The van der Waals surface area contributed by atoms with E-state index in [9.17, 15) is 13.6 Å². The van der Waals surface area contributed by atoms with Crippen LogP contribution in [0.4, 0.5) is 8.78 Å². The van der Waals surface area contributed by atoms with Gasteiger partial charge in [0.05, 0.1) is 11.9 Å². The first kappa shape index (κ1) is 18.6. The zero-order chi connectivity index (χ0) is 20.2. The second kappa shape index (κ2) is 8.09. The molecule has 0 saturated heterocycles. The quantitative estimate of drug-likeness (QED) is 0.466. The van der Waals surface area contributed by atoms with Crippen LogP contribution in [0.2, 0.25) is 0 Å². The minimum Gasteiger partial charge on any atom is -0.363 e. The van der Waals surface area contributed by atoms with Crippen molar-refractivity contribution in [2.45, 2.75) is 13.0 Å². The molecule has 1 amide bonds. The predicted molar refractivity (Wildman–Crippen MR) is 101 cm³/mol. The largest absolute Gasteiger partial charge is 0.363 e. The summed E-state index contributed by atoms with van der Waals surface area (Å²) in [5.41, 5.74) is 1.52. The number of halogens is 2. The van der Waals surface area contributed by atoms with Crippen LogP contribution in [0.1, 0.15) is 16.9 Å². The molecule has 0 unspecified atom stereocenters. The fourth-order valence-electron chi connectivity index (χ4n) is 2.98. The van der Waals surface area contributed by atoms with Gasteiger partial charge in [0, 0.05) is 42.8 Å². The first-order valence-electron chi connectivity index (χ1n) is 8.95. The molecule has 7 nitrogen and oxygen atoms in total. The summed E-state index contributed by atoms with van der Waals surface area (Å²) in [5.74, 6) is -2.24. The van der Waals surface area contributed by atoms with Gasteiger partial charge in [0.2, 0.25) is 0 Å². The Morgan fingerprint density at radius 3 is 3.00 bits per heavy atom. The van der Waals surface area contributed by atoms with Crippen molar-refractivity contribution in [3.8, 4) is 22.4 Å². The molecule has 148 valence electrons. The van der Waals surface area contributed by atoms with Crippen LogP contribution in [0.5, 0.6) is 0 Å². The minimum absolute atomic E-state index is 0.0135. The molecule has 0 aliphatic carbocycles. The van der Waals surface area contributed by atoms with Gasteiger partial charge in [-0.1, -0.05) is 11.2 Å². The Balaban J connectivity index is 1.45. The van der Waals surface area contributed by atoms with E-state index in [4.69, 9.17) is 4.52 Å². The Morgan fingerprint density at radius 1 is 1.28 bits per heavy atom. The molecule has 9 heteroatoms. The average molecular weight is 397 g/mol. The Kier molecular flexibility index (Phi) is 5.19. The van der Waals surface area contributed by atoms with Crippen LogP contribution in [0, 0.1) is 11.6 Å². The molecule has 1 aromatic carbocycles. The molecular weight excluding hydrogens is 380 g/mol. The van der Waals surface area contributed by atoms with E-state index in [0.29, 0.717) is 23.4 Å². The average Bonchev–Trinajstić information content (AvgIpc) is 3.47. The van der Waals surface area contributed by atoms with Crippen molar-refractivity contribution in [2.24, 2.45) is 0 Å². The second-order valence-electron chi connectivity index (χ2n) is 6.39. The summed E-state index contributed by atoms with van der Waals surface area (Å²) in [4.78, 5) is 19.2. The molecule has 3 heterocycles. The summed E-state index contributed by atoms with van der Waals surface area (Å²) < 4.78 is 34.6. The number of hydrogen-bond acceptors (Lipinski definition) is 4. The number of aromatic nitrogens is 4. The van der Waals surface area contributed by atoms with E-state index in [2.05, 4.69) is 20.4 Å². The number of nitrogens with one attached hydrogen (secondary N) is 2. The fourth-order valence-corrected chi connectivity index (χ4v) is 2.98. The summed E-state index contributed by atoms with van der Waals surface area (Å²) in [6.07, 6.45) is 8.95. The molecule has 4 aromatic rings. The van der Waals surface area contributed by atoms with Crippen LogP contribution < -0.4 is 5.32 Å². The molecule has 0 aliphatic heterocycles. The molecule has 2 N–H and O–H groups in total. The number of imidazole rings is 1. The molecule has 3 aromatic heterocycles. The molecule has 29 heavy (non-hydrogen) atoms. The first-order chi connectivity index (χ1) is 14.1. The molecule has 0 fully saturated rings. The number of carbonyl (C=O) groups is 1. The highest BCUT2D eigenvalue weighted by atomic mass is 19.2. The zero-order valence-electron chi connectivity index (χ0n) is 15.2. The highest BCUT2D eigenvalue weighted by Gasteiger charge is 2.19. The van der Waals surface area contributed by atoms with Gasteiger partial charge in [-0.25, -0.2) is 13.8 Å². The van der Waals surface area contributed by atoms with Crippen molar-refractivity contribution in [2.75, 3.05) is 6.54 Å². The maximum absolute atomic E-state index is 14.1. The van der Waals surface area contributed by atoms with Gasteiger partial charge in [0.25, 0.3) is 5.91 Å². The number of benzene rings is 1. The van der Waals surface area contributed by atoms with Gasteiger partial charge in [0.15, 0.2) is 11.6 Å². The van der Waals surface area contributed by atoms with Crippen LogP contribution in [0.25, 0.3) is 22.4 Å². The number of hydrogen-bond donors (Lipinski definition) is 2. The van der Waals surface area contributed by atoms with Crippen LogP contribution in [0.3, 0.4) is 0 Å². The van der Waals surface area contributed by atoms with Crippen molar-refractivity contribution in [3.05, 3.63) is 72.8 Å². The summed E-state index contributed by atoms with van der Waals surface area (Å²) in [5, 5.41) is 6.63. The number of aryl methyl sites for hydroxylation is 1. The van der Waals surface area contributed by atoms with Gasteiger partial charge in [-0.05, 0) is 24.6 Å². The second-order valence-corrected chi connectivity index (χ2v) is 6.39. The van der Waals surface area contributed by atoms with Crippen molar-refractivity contribution in [1.82, 2.24) is 25.0 Å². The van der Waals surface area contributed by atoms with E-state index < -0.39 is 11.6 Å². The Hall–Kier alpha value is -3.75. The molecule has 0 aliphatic rings. The Morgan fingerprint density at radius 2 is 2.17 bits per heavy atom. The number of carbonyl (C=O) groups excluding carboxylic acids is 1. The van der Waals surface area contributed by atoms with Crippen LogP contribution in [-0.2, 0) is 6.54 Å². The maximum Gasteiger partial charge on any atom is 0.267 e. The van der Waals surface area contributed by atoms with E-state index in [-0.39, 0.29) is 17.2 Å². The standard InChI is InChI=1S/C20H17F2N5O2/c21-16-4-1-3-14(18(16)22)19-15(11-29-26-19)13-9-17(25-10-13)20(28)24-5-2-7-27-8-6-23-12-27/h1,3-4,6,8-12,25H,2,5,7H2,(H,24,28). The number of amides is 1. The van der Waals surface area contributed by atoms with Crippen molar-refractivity contribution in [1.29, 1.82) is 0 Å². The molecule has 4 rings (SSSR count). The van der Waals surface area contributed by atoms with Gasteiger partial charge >= 0.3 is 0 Å². The lowest BCUT2D eigenvalue weighted by atomic mass is 10.0. The molecule has 0 saturated carbocycles. The van der Waals surface area contributed by atoms with Crippen LogP contribution >= 0.6 is 0 Å². The topological polar surface area (TPSA) is 88.7 Å². The van der Waals surface area contributed by atoms with Gasteiger partial charge in [-0.2, -0.15) is 0 Å². The van der Waals surface area contributed by atoms with Gasteiger partial charge in [-0.15, -0.1) is 0 Å². The van der Waals surface area contributed by atoms with Crippen LogP contribution in [-0.4, -0.2) is 32.1 Å². The van der Waals surface area contributed by atoms with Crippen LogP contribution in [0.15, 0.2) is 60.0 Å². The van der Waals surface area contributed by atoms with Gasteiger partial charge in [0.1, 0.15) is 17.7 Å². The van der Waals surface area contributed by atoms with E-state index in [0.717, 1.165) is 19.0 Å². The summed E-state index contributed by atoms with van der Waals surface area (Å²) >= 11 is 0. The Labute approximate surface area is 164 Å². The lowest BCUT2D eigenvalue weighted by Crippen LogP contribution is -2.25. The summed E-state index contributed by atoms with van der Waals surface area (Å²) in [6.45, 7) is 1.25. The highest BCUT2D eigenvalue weighted by Crippen LogP contribution is 2.33. The number of rotatable bonds is 7. The maximum atomic E-state index is 14.1. The third-order valence-electron chi connectivity index (χ3n) is 4.45. The fraction of sp³-hybridized carbons (Fsp3) is 0.150. The van der Waals surface area contributed by atoms with E-state index in [1.807, 2.05) is 10.8 Å². The number of H-pyrrole nitrogens is 1. The number of nitrogens with zero attached hydrogens (tertiary/aromatic N) is 3. The lowest BCUT2D eigenvalue weighted by Gasteiger charge is -2.04. The normalized spacial score (nSPS) is 11.0. The smallest absolute Gasteiger partial charge is 0.267 e. The summed E-state index contributed by atoms with van der Waals surface area (Å²) in [6, 6.07) is 5.45. The molecular formula is C20H17F2N5O2. The van der Waals surface area contributed by atoms with Gasteiger partial charge < -0.3 is 19.4 Å². The van der Waals surface area contributed by atoms with Crippen molar-refractivity contribution < 1.29 is 18.1 Å². The number of aromatic amines is 1. The van der Waals surface area contributed by atoms with Crippen molar-refractivity contribution in [3.63, 3.8) is 0 Å². The van der Waals surface area contributed by atoms with E-state index in [1.165, 1.54) is 18.4 Å². The molecule has 0 spiro atoms. The monoisotopic (exact) mass is 397 g/mol. The summed E-state index contributed by atoms with van der Waals surface area (Å²) in [7, 11) is 0. The van der Waals surface area contributed by atoms with Crippen molar-refractivity contribution >= 4 is 5.91 Å². The lowest BCUT2D eigenvalue weighted by molar-refractivity contribution is 0.0948. The predicted octanol–water partition coefficient (Wildman–Crippen LogP) is 3.63. The minimum atomic E-state index is -1.01. The third kappa shape index (κ3) is 3.93. The molecule has 0 radical (unpaired) electrons. The molecule has 0 bridgehead atoms. The highest BCUT2D eigenvalue weighted by molar-refractivity contribution is 5.94. The zero-order valence-corrected chi connectivity index (χ0v) is 15.2. The first-order valence-corrected chi connectivity index (χ1v) is 8.95. The SMILES string of the molecule is O=C(NCCCn1ccnc1)c1cc(-c2conc2-c2cccc(F)c2F)c[nH]1.